The Morgan fingerprint density at radius 2 is 0.248 bits per heavy atom. The zero-order valence-electron chi connectivity index (χ0n) is 68.9. The van der Waals surface area contributed by atoms with Crippen molar-refractivity contribution in [3.05, 3.63) is 413 Å². The fraction of sp³-hybridized carbons (Fsp3) is 0. The van der Waals surface area contributed by atoms with E-state index >= 15 is 0 Å². The minimum Gasteiger partial charge on any atom is -0.293 e. The normalized spacial score (nSPS) is 12.3. The fourth-order valence-corrected chi connectivity index (χ4v) is 25.7. The lowest BCUT2D eigenvalue weighted by atomic mass is 10.2. The van der Waals surface area contributed by atoms with E-state index in [9.17, 15) is 0 Å². The SMILES string of the molecule is c1ccc(-n2c3ccccc3c3nc4c(nc32)c2ccccc2n4-c2ccc([Si](c3ccc(-n4c5ccccc5c5nc6c(nc54)c4ccccc4n6-c4ccccc4)cc3)(c3ccc(-n4c5ccccc5c5nc6c(nc54)c4ccccc4n6-c4ccccc4)cc3)c3ccc(-n4c5ccccc5c5nc6c(nc54)c4ccccc4n6-c4ccccc4)cc3)cc2)cc1. The number of aromatic nitrogens is 16. The molecular formula is C112H68N16Si. The van der Waals surface area contributed by atoms with Gasteiger partial charge in [0.05, 0.1) is 44.1 Å². The maximum atomic E-state index is 5.76. The van der Waals surface area contributed by atoms with E-state index in [4.69, 9.17) is 39.9 Å². The summed E-state index contributed by atoms with van der Waals surface area (Å²) in [5.74, 6) is 0. The summed E-state index contributed by atoms with van der Waals surface area (Å²) in [6, 6.07) is 148. The second kappa shape index (κ2) is 27.2. The van der Waals surface area contributed by atoms with Gasteiger partial charge in [0.15, 0.2) is 53.3 Å². The van der Waals surface area contributed by atoms with Crippen molar-refractivity contribution in [1.82, 2.24) is 76.4 Å². The second-order valence-electron chi connectivity index (χ2n) is 33.4. The summed E-state index contributed by atoms with van der Waals surface area (Å²) in [5, 5.41) is 12.7. The van der Waals surface area contributed by atoms with Gasteiger partial charge in [0.2, 0.25) is 0 Å². The van der Waals surface area contributed by atoms with Gasteiger partial charge in [-0.1, -0.05) is 267 Å². The van der Waals surface area contributed by atoms with Crippen molar-refractivity contribution >= 4 is 205 Å². The summed E-state index contributed by atoms with van der Waals surface area (Å²) in [4.78, 5) is 45.8. The summed E-state index contributed by atoms with van der Waals surface area (Å²) in [5.41, 5.74) is 28.9. The van der Waals surface area contributed by atoms with Crippen LogP contribution in [0, 0.1) is 0 Å². The first-order valence-corrected chi connectivity index (χ1v) is 45.5. The lowest BCUT2D eigenvalue weighted by molar-refractivity contribution is 1.12. The highest BCUT2D eigenvalue weighted by Gasteiger charge is 2.43. The molecule has 129 heavy (non-hydrogen) atoms. The second-order valence-corrected chi connectivity index (χ2v) is 37.2. The van der Waals surface area contributed by atoms with Crippen LogP contribution in [0.15, 0.2) is 413 Å². The van der Waals surface area contributed by atoms with Crippen LogP contribution in [0.1, 0.15) is 0 Å². The number of hydrogen-bond donors (Lipinski definition) is 0. The molecule has 0 aliphatic heterocycles. The van der Waals surface area contributed by atoms with Gasteiger partial charge in [-0.3, -0.25) is 36.5 Å². The monoisotopic (exact) mass is 1660 g/mol. The molecule has 0 saturated carbocycles. The Labute approximate surface area is 734 Å². The van der Waals surface area contributed by atoms with Crippen LogP contribution in [0.3, 0.4) is 0 Å². The Balaban J connectivity index is 0.692. The molecule has 0 radical (unpaired) electrons. The van der Waals surface area contributed by atoms with E-state index in [0.717, 1.165) is 243 Å². The van der Waals surface area contributed by atoms with Crippen molar-refractivity contribution in [2.75, 3.05) is 0 Å². The molecule has 0 bridgehead atoms. The van der Waals surface area contributed by atoms with Gasteiger partial charge in [0.1, 0.15) is 44.1 Å². The van der Waals surface area contributed by atoms with Crippen LogP contribution >= 0.6 is 0 Å². The third-order valence-electron chi connectivity index (χ3n) is 26.6. The third kappa shape index (κ3) is 10.1. The number of rotatable bonds is 12. The number of nitrogens with zero attached hydrogens (tertiary/aromatic N) is 16. The quantitative estimate of drug-likeness (QED) is 0.0869. The van der Waals surface area contributed by atoms with Crippen LogP contribution in [0.2, 0.25) is 0 Å². The molecule has 0 atom stereocenters. The molecule has 0 amide bonds. The summed E-state index contributed by atoms with van der Waals surface area (Å²) in [6.07, 6.45) is 0. The maximum Gasteiger partial charge on any atom is 0.179 e. The number of hydrogen-bond acceptors (Lipinski definition) is 8. The molecule has 0 spiro atoms. The van der Waals surface area contributed by atoms with Crippen molar-refractivity contribution in [3.63, 3.8) is 0 Å². The van der Waals surface area contributed by atoms with E-state index in [1.54, 1.807) is 0 Å². The van der Waals surface area contributed by atoms with Crippen LogP contribution in [0.25, 0.3) is 222 Å². The molecule has 0 aliphatic carbocycles. The first-order valence-electron chi connectivity index (χ1n) is 43.5. The van der Waals surface area contributed by atoms with E-state index in [1.807, 2.05) is 0 Å². The summed E-state index contributed by atoms with van der Waals surface area (Å²) in [7, 11) is -3.71. The smallest absolute Gasteiger partial charge is 0.179 e. The summed E-state index contributed by atoms with van der Waals surface area (Å²) in [6.45, 7) is 0. The zero-order chi connectivity index (χ0) is 84.3. The van der Waals surface area contributed by atoms with Crippen molar-refractivity contribution in [1.29, 1.82) is 0 Å². The van der Waals surface area contributed by atoms with Gasteiger partial charge in [0, 0.05) is 88.6 Å². The van der Waals surface area contributed by atoms with Crippen LogP contribution in [-0.2, 0) is 0 Å². The highest BCUT2D eigenvalue weighted by atomic mass is 28.3. The van der Waals surface area contributed by atoms with Crippen molar-refractivity contribution in [3.8, 4) is 45.5 Å². The number of fused-ring (bicyclic) bond motifs is 24. The van der Waals surface area contributed by atoms with E-state index < -0.39 is 8.07 Å². The molecule has 0 aliphatic rings. The van der Waals surface area contributed by atoms with E-state index in [1.165, 1.54) is 0 Å². The molecule has 12 heterocycles. The number of para-hydroxylation sites is 12. The third-order valence-corrected chi connectivity index (χ3v) is 31.4. The average molecular weight is 1670 g/mol. The molecular weight excluding hydrogens is 1600 g/mol. The van der Waals surface area contributed by atoms with Crippen molar-refractivity contribution < 1.29 is 0 Å². The summed E-state index contributed by atoms with van der Waals surface area (Å²) >= 11 is 0. The number of benzene rings is 16. The van der Waals surface area contributed by atoms with Crippen LogP contribution in [0.5, 0.6) is 0 Å². The molecule has 600 valence electrons. The van der Waals surface area contributed by atoms with Crippen LogP contribution in [-0.4, -0.2) is 84.5 Å². The molecule has 16 nitrogen and oxygen atoms in total. The zero-order valence-corrected chi connectivity index (χ0v) is 69.9. The van der Waals surface area contributed by atoms with Gasteiger partial charge < -0.3 is 0 Å². The first-order chi connectivity index (χ1) is 64.0. The lowest BCUT2D eigenvalue weighted by Crippen LogP contribution is -2.74. The fourth-order valence-electron chi connectivity index (χ4n) is 21.1. The predicted molar refractivity (Wildman–Crippen MR) is 527 cm³/mol. The molecule has 28 rings (SSSR count). The Morgan fingerprint density at radius 1 is 0.124 bits per heavy atom. The lowest BCUT2D eigenvalue weighted by Gasteiger charge is -2.35. The summed E-state index contributed by atoms with van der Waals surface area (Å²) < 4.78 is 18.2. The minimum atomic E-state index is -3.71. The average Bonchev–Trinajstić information content (AvgIpc) is 1.70. The van der Waals surface area contributed by atoms with E-state index in [-0.39, 0.29) is 0 Å². The topological polar surface area (TPSA) is 143 Å². The Bertz CT molecular complexity index is 8440. The van der Waals surface area contributed by atoms with E-state index in [2.05, 4.69) is 449 Å². The van der Waals surface area contributed by atoms with Crippen LogP contribution in [0.4, 0.5) is 0 Å². The Hall–Kier alpha value is -17.5. The molecule has 12 aromatic heterocycles. The molecule has 28 aromatic rings. The van der Waals surface area contributed by atoms with E-state index in [0.29, 0.717) is 0 Å². The Morgan fingerprint density at radius 3 is 0.395 bits per heavy atom. The van der Waals surface area contributed by atoms with Crippen molar-refractivity contribution in [2.24, 2.45) is 0 Å². The maximum absolute atomic E-state index is 5.76. The van der Waals surface area contributed by atoms with Crippen molar-refractivity contribution in [2.45, 2.75) is 0 Å². The van der Waals surface area contributed by atoms with Gasteiger partial charge in [-0.25, -0.2) is 39.9 Å². The highest BCUT2D eigenvalue weighted by Crippen LogP contribution is 2.43. The van der Waals surface area contributed by atoms with Gasteiger partial charge in [-0.05, 0) is 166 Å². The van der Waals surface area contributed by atoms with Gasteiger partial charge in [-0.2, -0.15) is 0 Å². The highest BCUT2D eigenvalue weighted by molar-refractivity contribution is 7.20. The molecule has 0 fully saturated rings. The van der Waals surface area contributed by atoms with Gasteiger partial charge in [0.25, 0.3) is 0 Å². The molecule has 0 saturated heterocycles. The predicted octanol–water partition coefficient (Wildman–Crippen LogP) is 23.0. The molecule has 16 aromatic carbocycles. The van der Waals surface area contributed by atoms with Gasteiger partial charge >= 0.3 is 0 Å². The molecule has 0 unspecified atom stereocenters. The first kappa shape index (κ1) is 70.9. The molecule has 17 heteroatoms. The standard InChI is InChI=1S/C112H68N16Si/c1-5-29-69(30-6-1)121-89-45-21-13-37-81(89)97-105(121)113-101-85-41-17-25-49-93(85)125(109(101)117-97)73-53-61-77(62-54-73)129(78-63-55-74(56-64-78)126-94-50-26-18-42-86(94)102-110(126)118-98-82-38-14-22-46-90(82)122(106(98)114-102)70-31-7-2-8-32-70,79-65-57-75(58-66-79)127-95-51-27-19-43-87(95)103-111(127)119-99-83-39-15-23-47-91(83)123(107(99)115-103)71-33-9-3-10-34-71)80-67-59-76(60-68-80)128-96-52-28-20-44-88(96)104-112(128)120-100-84-40-16-24-48-92(84)124(108(100)116-104)72-35-11-4-12-36-72/h1-68H. The largest absolute Gasteiger partial charge is 0.293 e. The molecule has 0 N–H and O–H groups in total. The minimum absolute atomic E-state index is 0.769. The van der Waals surface area contributed by atoms with Gasteiger partial charge in [-0.15, -0.1) is 0 Å². The Kier molecular flexibility index (Phi) is 15.0. The van der Waals surface area contributed by atoms with Crippen LogP contribution < -0.4 is 20.7 Å².